The van der Waals surface area contributed by atoms with Gasteiger partial charge in [0.15, 0.2) is 9.84 Å². The molecule has 9 heteroatoms. The standard InChI is InChI=1S/C15H16ClN3O4S/c1-23-13-4-3-11(24(2,21)22)5-9(13)7-19-15(20)12-6-10(16)8-18-14(12)17/h3-6,8H,7H2,1-2H3,(H2,17,18)(H,19,20). The molecule has 0 unspecified atom stereocenters. The summed E-state index contributed by atoms with van der Waals surface area (Å²) in [4.78, 5) is 14.9. The van der Waals surface area contributed by atoms with Crippen LogP contribution in [0.15, 0.2) is 35.4 Å². The summed E-state index contributed by atoms with van der Waals surface area (Å²) in [7, 11) is -1.92. The molecule has 3 N–H and O–H groups in total. The monoisotopic (exact) mass is 369 g/mol. The molecule has 0 bridgehead atoms. The van der Waals surface area contributed by atoms with E-state index in [-0.39, 0.29) is 22.5 Å². The number of rotatable bonds is 5. The second-order valence-corrected chi connectivity index (χ2v) is 7.49. The van der Waals surface area contributed by atoms with Crippen LogP contribution in [0.3, 0.4) is 0 Å². The van der Waals surface area contributed by atoms with Crippen LogP contribution in [0.1, 0.15) is 15.9 Å². The zero-order valence-electron chi connectivity index (χ0n) is 13.0. The molecule has 2 rings (SSSR count). The first-order valence-corrected chi connectivity index (χ1v) is 9.07. The predicted octanol–water partition coefficient (Wildman–Crippen LogP) is 1.49. The number of ether oxygens (including phenoxy) is 1. The maximum atomic E-state index is 12.2. The molecule has 0 aliphatic carbocycles. The fourth-order valence-electron chi connectivity index (χ4n) is 2.04. The van der Waals surface area contributed by atoms with Gasteiger partial charge in [-0.15, -0.1) is 0 Å². The lowest BCUT2D eigenvalue weighted by molar-refractivity contribution is 0.0948. The Labute approximate surface area is 144 Å². The number of aromatic amines is 1. The normalized spacial score (nSPS) is 11.1. The van der Waals surface area contributed by atoms with Crippen molar-refractivity contribution < 1.29 is 17.9 Å². The number of sulfone groups is 1. The average Bonchev–Trinajstić information content (AvgIpc) is 2.53. The van der Waals surface area contributed by atoms with Gasteiger partial charge in [0.2, 0.25) is 0 Å². The van der Waals surface area contributed by atoms with Crippen molar-refractivity contribution in [2.75, 3.05) is 13.4 Å². The molecule has 0 atom stereocenters. The van der Waals surface area contributed by atoms with Gasteiger partial charge < -0.3 is 15.0 Å². The van der Waals surface area contributed by atoms with Gasteiger partial charge in [-0.3, -0.25) is 10.2 Å². The van der Waals surface area contributed by atoms with E-state index in [4.69, 9.17) is 21.7 Å². The van der Waals surface area contributed by atoms with Gasteiger partial charge in [-0.1, -0.05) is 11.6 Å². The summed E-state index contributed by atoms with van der Waals surface area (Å²) in [5, 5.41) is 10.6. The van der Waals surface area contributed by atoms with Gasteiger partial charge in [0.25, 0.3) is 5.91 Å². The fourth-order valence-corrected chi connectivity index (χ4v) is 2.88. The summed E-state index contributed by atoms with van der Waals surface area (Å²) in [5.74, 6) is -0.0583. The van der Waals surface area contributed by atoms with E-state index in [0.717, 1.165) is 6.26 Å². The Hall–Kier alpha value is -2.32. The molecule has 0 fully saturated rings. The number of halogens is 1. The molecule has 1 amide bonds. The van der Waals surface area contributed by atoms with Gasteiger partial charge in [-0.25, -0.2) is 8.42 Å². The van der Waals surface area contributed by atoms with E-state index in [1.165, 1.54) is 37.6 Å². The van der Waals surface area contributed by atoms with E-state index in [9.17, 15) is 13.2 Å². The predicted molar refractivity (Wildman–Crippen MR) is 88.9 cm³/mol. The lowest BCUT2D eigenvalue weighted by Crippen LogP contribution is -2.29. The number of pyridine rings is 1. The lowest BCUT2D eigenvalue weighted by Gasteiger charge is -2.11. The summed E-state index contributed by atoms with van der Waals surface area (Å²) < 4.78 is 28.5. The van der Waals surface area contributed by atoms with Crippen molar-refractivity contribution in [3.63, 3.8) is 0 Å². The van der Waals surface area contributed by atoms with Crippen LogP contribution in [0.25, 0.3) is 0 Å². The Morgan fingerprint density at radius 3 is 2.71 bits per heavy atom. The molecule has 0 aliphatic heterocycles. The SMILES string of the molecule is COc1ccc(S(C)(=O)=O)cc1CNC(=O)c1cc(Cl)c[nH]c1=N. The average molecular weight is 370 g/mol. The zero-order chi connectivity index (χ0) is 17.9. The Bertz CT molecular complexity index is 938. The number of hydrogen-bond donors (Lipinski definition) is 3. The summed E-state index contributed by atoms with van der Waals surface area (Å²) in [6.45, 7) is 0.0390. The number of carbonyl (C=O) groups is 1. The largest absolute Gasteiger partial charge is 0.496 e. The summed E-state index contributed by atoms with van der Waals surface area (Å²) in [5.41, 5.74) is 0.515. The van der Waals surface area contributed by atoms with E-state index >= 15 is 0 Å². The number of amides is 1. The first-order chi connectivity index (χ1) is 11.2. The molecule has 0 spiro atoms. The molecule has 1 aromatic heterocycles. The lowest BCUT2D eigenvalue weighted by atomic mass is 10.2. The van der Waals surface area contributed by atoms with Crippen LogP contribution >= 0.6 is 11.6 Å². The van der Waals surface area contributed by atoms with E-state index in [2.05, 4.69) is 10.3 Å². The highest BCUT2D eigenvalue weighted by Crippen LogP contribution is 2.22. The van der Waals surface area contributed by atoms with E-state index in [1.807, 2.05) is 0 Å². The van der Waals surface area contributed by atoms with E-state index < -0.39 is 15.7 Å². The Morgan fingerprint density at radius 1 is 1.38 bits per heavy atom. The third kappa shape index (κ3) is 4.15. The quantitative estimate of drug-likeness (QED) is 0.741. The molecular formula is C15H16ClN3O4S. The second kappa shape index (κ2) is 7.06. The Kier molecular flexibility index (Phi) is 5.30. The highest BCUT2D eigenvalue weighted by atomic mass is 35.5. The van der Waals surface area contributed by atoms with Crippen molar-refractivity contribution in [2.45, 2.75) is 11.4 Å². The number of methoxy groups -OCH3 is 1. The van der Waals surface area contributed by atoms with Gasteiger partial charge in [0, 0.05) is 24.6 Å². The van der Waals surface area contributed by atoms with Crippen LogP contribution in [-0.2, 0) is 16.4 Å². The fraction of sp³-hybridized carbons (Fsp3) is 0.200. The first kappa shape index (κ1) is 18.0. The van der Waals surface area contributed by atoms with Gasteiger partial charge in [-0.2, -0.15) is 0 Å². The van der Waals surface area contributed by atoms with Crippen molar-refractivity contribution in [3.05, 3.63) is 52.1 Å². The third-order valence-electron chi connectivity index (χ3n) is 3.27. The third-order valence-corrected chi connectivity index (χ3v) is 4.60. The minimum absolute atomic E-state index is 0.0390. The Morgan fingerprint density at radius 2 is 2.08 bits per heavy atom. The zero-order valence-corrected chi connectivity index (χ0v) is 14.6. The van der Waals surface area contributed by atoms with Crippen LogP contribution in [0, 0.1) is 5.41 Å². The molecule has 7 nitrogen and oxygen atoms in total. The molecule has 1 heterocycles. The minimum atomic E-state index is -3.37. The van der Waals surface area contributed by atoms with Gasteiger partial charge in [-0.05, 0) is 24.3 Å². The number of nitrogens with one attached hydrogen (secondary N) is 3. The van der Waals surface area contributed by atoms with Crippen LogP contribution in [-0.4, -0.2) is 32.7 Å². The Balaban J connectivity index is 2.26. The molecule has 2 aromatic rings. The maximum absolute atomic E-state index is 12.2. The topological polar surface area (TPSA) is 112 Å². The van der Waals surface area contributed by atoms with Gasteiger partial charge in [0.05, 0.1) is 22.6 Å². The first-order valence-electron chi connectivity index (χ1n) is 6.80. The van der Waals surface area contributed by atoms with Crippen LogP contribution in [0.4, 0.5) is 0 Å². The van der Waals surface area contributed by atoms with Crippen molar-refractivity contribution >= 4 is 27.3 Å². The minimum Gasteiger partial charge on any atom is -0.496 e. The van der Waals surface area contributed by atoms with Gasteiger partial charge in [0.1, 0.15) is 11.2 Å². The number of H-pyrrole nitrogens is 1. The molecular weight excluding hydrogens is 354 g/mol. The van der Waals surface area contributed by atoms with Crippen LogP contribution < -0.4 is 15.5 Å². The van der Waals surface area contributed by atoms with Gasteiger partial charge >= 0.3 is 0 Å². The molecule has 0 aliphatic rings. The van der Waals surface area contributed by atoms with Crippen molar-refractivity contribution in [2.24, 2.45) is 0 Å². The highest BCUT2D eigenvalue weighted by Gasteiger charge is 2.14. The summed E-state index contributed by atoms with van der Waals surface area (Å²) in [6.07, 6.45) is 2.50. The van der Waals surface area contributed by atoms with E-state index in [1.54, 1.807) is 0 Å². The molecule has 0 saturated carbocycles. The molecule has 0 saturated heterocycles. The maximum Gasteiger partial charge on any atom is 0.255 e. The molecule has 0 radical (unpaired) electrons. The molecule has 1 aromatic carbocycles. The highest BCUT2D eigenvalue weighted by molar-refractivity contribution is 7.90. The smallest absolute Gasteiger partial charge is 0.255 e. The molecule has 24 heavy (non-hydrogen) atoms. The van der Waals surface area contributed by atoms with Crippen LogP contribution in [0.5, 0.6) is 5.75 Å². The number of aromatic nitrogens is 1. The number of carbonyl (C=O) groups excluding carboxylic acids is 1. The summed E-state index contributed by atoms with van der Waals surface area (Å²) >= 11 is 5.82. The molecule has 128 valence electrons. The second-order valence-electron chi connectivity index (χ2n) is 5.04. The van der Waals surface area contributed by atoms with Crippen molar-refractivity contribution in [1.82, 2.24) is 10.3 Å². The van der Waals surface area contributed by atoms with E-state index in [0.29, 0.717) is 16.3 Å². The van der Waals surface area contributed by atoms with Crippen LogP contribution in [0.2, 0.25) is 5.02 Å². The number of benzene rings is 1. The number of hydrogen-bond acceptors (Lipinski definition) is 5. The van der Waals surface area contributed by atoms with Crippen molar-refractivity contribution in [1.29, 1.82) is 5.41 Å². The van der Waals surface area contributed by atoms with Crippen molar-refractivity contribution in [3.8, 4) is 5.75 Å². The summed E-state index contributed by atoms with van der Waals surface area (Å²) in [6, 6.07) is 5.79.